The summed E-state index contributed by atoms with van der Waals surface area (Å²) in [6.07, 6.45) is 0. The topological polar surface area (TPSA) is 37.3 Å². The molecule has 2 nitrogen and oxygen atoms in total. The van der Waals surface area contributed by atoms with Crippen LogP contribution in [0.4, 0.5) is 0 Å². The number of carbonyl (C=O) groups is 1. The summed E-state index contributed by atoms with van der Waals surface area (Å²) in [5, 5.41) is 9.55. The zero-order valence-electron chi connectivity index (χ0n) is 12.1. The highest BCUT2D eigenvalue weighted by Crippen LogP contribution is 2.26. The van der Waals surface area contributed by atoms with E-state index in [4.69, 9.17) is 28.3 Å². The Morgan fingerprint density at radius 1 is 0.696 bits per heavy atom. The van der Waals surface area contributed by atoms with Gasteiger partial charge in [0.05, 0.1) is 10.6 Å². The highest BCUT2D eigenvalue weighted by atomic mass is 35.5. The summed E-state index contributed by atoms with van der Waals surface area (Å²) in [6.45, 7) is 0. The molecule has 0 radical (unpaired) electrons. The van der Waals surface area contributed by atoms with E-state index >= 15 is 0 Å². The van der Waals surface area contributed by atoms with Crippen LogP contribution in [0, 0.1) is 0 Å². The highest BCUT2D eigenvalue weighted by molar-refractivity contribution is 6.33. The minimum atomic E-state index is -0.995. The van der Waals surface area contributed by atoms with E-state index in [0.717, 1.165) is 16.1 Å². The Morgan fingerprint density at radius 2 is 1.22 bits per heavy atom. The van der Waals surface area contributed by atoms with Crippen molar-refractivity contribution in [2.75, 3.05) is 0 Å². The van der Waals surface area contributed by atoms with E-state index in [9.17, 15) is 4.79 Å². The first-order chi connectivity index (χ1) is 11.1. The summed E-state index contributed by atoms with van der Waals surface area (Å²) in [7, 11) is 0. The standard InChI is InChI=1S/C12H9Cl.C7H5ClO2/c13-12-9-5-4-8-11(12)10-6-2-1-3-7-10;8-6-4-2-1-3-5(6)7(9)10/h1-9H;1-4H,(H,9,10). The molecule has 3 aromatic carbocycles. The van der Waals surface area contributed by atoms with Crippen molar-refractivity contribution in [3.05, 3.63) is 94.5 Å². The number of aromatic carboxylic acids is 1. The lowest BCUT2D eigenvalue weighted by Crippen LogP contribution is -1.95. The molecule has 23 heavy (non-hydrogen) atoms. The molecule has 116 valence electrons. The summed E-state index contributed by atoms with van der Waals surface area (Å²) in [4.78, 5) is 10.3. The van der Waals surface area contributed by atoms with Crippen LogP contribution >= 0.6 is 23.2 Å². The highest BCUT2D eigenvalue weighted by Gasteiger charge is 2.04. The lowest BCUT2D eigenvalue weighted by Gasteiger charge is -2.02. The Morgan fingerprint density at radius 3 is 1.74 bits per heavy atom. The molecule has 0 spiro atoms. The van der Waals surface area contributed by atoms with Crippen LogP contribution in [0.2, 0.25) is 10.0 Å². The smallest absolute Gasteiger partial charge is 0.337 e. The van der Waals surface area contributed by atoms with Crippen molar-refractivity contribution >= 4 is 29.2 Å². The fourth-order valence-electron chi connectivity index (χ4n) is 1.95. The fraction of sp³-hybridized carbons (Fsp3) is 0. The van der Waals surface area contributed by atoms with E-state index in [1.54, 1.807) is 18.2 Å². The molecule has 0 saturated carbocycles. The van der Waals surface area contributed by atoms with Gasteiger partial charge in [-0.3, -0.25) is 0 Å². The van der Waals surface area contributed by atoms with E-state index in [1.807, 2.05) is 42.5 Å². The number of rotatable bonds is 2. The van der Waals surface area contributed by atoms with Crippen molar-refractivity contribution in [3.8, 4) is 11.1 Å². The third-order valence-corrected chi connectivity index (χ3v) is 3.72. The third kappa shape index (κ3) is 4.85. The molecule has 0 unspecified atom stereocenters. The lowest BCUT2D eigenvalue weighted by molar-refractivity contribution is 0.0697. The molecular weight excluding hydrogens is 331 g/mol. The van der Waals surface area contributed by atoms with Gasteiger partial charge in [0.1, 0.15) is 0 Å². The molecule has 0 bridgehead atoms. The Balaban J connectivity index is 0.000000174. The van der Waals surface area contributed by atoms with E-state index in [2.05, 4.69) is 12.1 Å². The minimum absolute atomic E-state index is 0.143. The SMILES string of the molecule is Clc1ccccc1-c1ccccc1.O=C(O)c1ccccc1Cl. The van der Waals surface area contributed by atoms with Gasteiger partial charge in [-0.1, -0.05) is 83.9 Å². The zero-order chi connectivity index (χ0) is 16.7. The molecule has 0 fully saturated rings. The van der Waals surface area contributed by atoms with Gasteiger partial charge in [0, 0.05) is 10.6 Å². The van der Waals surface area contributed by atoms with Crippen LogP contribution in [0.25, 0.3) is 11.1 Å². The van der Waals surface area contributed by atoms with Crippen LogP contribution in [0.1, 0.15) is 10.4 Å². The Labute approximate surface area is 144 Å². The van der Waals surface area contributed by atoms with Crippen LogP contribution in [-0.4, -0.2) is 11.1 Å². The summed E-state index contributed by atoms with van der Waals surface area (Å²) < 4.78 is 0. The average molecular weight is 345 g/mol. The summed E-state index contributed by atoms with van der Waals surface area (Å²) in [5.41, 5.74) is 2.39. The molecule has 0 atom stereocenters. The van der Waals surface area contributed by atoms with Crippen LogP contribution < -0.4 is 0 Å². The lowest BCUT2D eigenvalue weighted by atomic mass is 10.1. The number of halogens is 2. The minimum Gasteiger partial charge on any atom is -0.478 e. The van der Waals surface area contributed by atoms with Gasteiger partial charge >= 0.3 is 5.97 Å². The van der Waals surface area contributed by atoms with Crippen molar-refractivity contribution in [1.82, 2.24) is 0 Å². The molecule has 1 N–H and O–H groups in total. The maximum Gasteiger partial charge on any atom is 0.337 e. The summed E-state index contributed by atoms with van der Waals surface area (Å²) in [5.74, 6) is -0.995. The van der Waals surface area contributed by atoms with Crippen molar-refractivity contribution in [2.45, 2.75) is 0 Å². The first-order valence-corrected chi connectivity index (χ1v) is 7.63. The monoisotopic (exact) mass is 344 g/mol. The average Bonchev–Trinajstić information content (AvgIpc) is 2.57. The quantitative estimate of drug-likeness (QED) is 0.614. The predicted molar refractivity (Wildman–Crippen MR) is 95.3 cm³/mol. The van der Waals surface area contributed by atoms with Gasteiger partial charge in [-0.15, -0.1) is 0 Å². The second-order valence-electron chi connectivity index (χ2n) is 4.63. The normalized spacial score (nSPS) is 9.65. The van der Waals surface area contributed by atoms with Crippen molar-refractivity contribution < 1.29 is 9.90 Å². The van der Waals surface area contributed by atoms with Gasteiger partial charge in [-0.25, -0.2) is 4.79 Å². The molecule has 0 heterocycles. The molecule has 0 aromatic heterocycles. The number of hydrogen-bond donors (Lipinski definition) is 1. The van der Waals surface area contributed by atoms with E-state index in [0.29, 0.717) is 0 Å². The van der Waals surface area contributed by atoms with Gasteiger partial charge in [0.2, 0.25) is 0 Å². The molecule has 3 rings (SSSR count). The van der Waals surface area contributed by atoms with E-state index in [1.165, 1.54) is 6.07 Å². The molecule has 0 aliphatic rings. The molecule has 0 aliphatic heterocycles. The largest absolute Gasteiger partial charge is 0.478 e. The maximum atomic E-state index is 10.3. The van der Waals surface area contributed by atoms with Crippen LogP contribution in [-0.2, 0) is 0 Å². The molecule has 0 saturated heterocycles. The fourth-order valence-corrected chi connectivity index (χ4v) is 2.41. The number of carboxylic acids is 1. The molecule has 3 aromatic rings. The van der Waals surface area contributed by atoms with Crippen molar-refractivity contribution in [1.29, 1.82) is 0 Å². The van der Waals surface area contributed by atoms with Crippen LogP contribution in [0.15, 0.2) is 78.9 Å². The van der Waals surface area contributed by atoms with Crippen molar-refractivity contribution in [2.24, 2.45) is 0 Å². The second-order valence-corrected chi connectivity index (χ2v) is 5.45. The molecule has 0 aliphatic carbocycles. The second kappa shape index (κ2) is 8.37. The number of hydrogen-bond acceptors (Lipinski definition) is 1. The number of benzene rings is 3. The Bertz CT molecular complexity index is 786. The van der Waals surface area contributed by atoms with Gasteiger partial charge < -0.3 is 5.11 Å². The molecule has 0 amide bonds. The maximum absolute atomic E-state index is 10.3. The van der Waals surface area contributed by atoms with Gasteiger partial charge in [0.25, 0.3) is 0 Å². The molecule has 4 heteroatoms. The Hall–Kier alpha value is -2.29. The summed E-state index contributed by atoms with van der Waals surface area (Å²) >= 11 is 11.6. The van der Waals surface area contributed by atoms with Gasteiger partial charge in [-0.05, 0) is 23.8 Å². The number of carboxylic acid groups (broad SMARTS) is 1. The van der Waals surface area contributed by atoms with Crippen LogP contribution in [0.5, 0.6) is 0 Å². The van der Waals surface area contributed by atoms with E-state index in [-0.39, 0.29) is 10.6 Å². The third-order valence-electron chi connectivity index (χ3n) is 3.06. The van der Waals surface area contributed by atoms with Crippen LogP contribution in [0.3, 0.4) is 0 Å². The summed E-state index contributed by atoms with van der Waals surface area (Å²) in [6, 6.07) is 24.3. The first-order valence-electron chi connectivity index (χ1n) is 6.87. The van der Waals surface area contributed by atoms with Gasteiger partial charge in [-0.2, -0.15) is 0 Å². The predicted octanol–water partition coefficient (Wildman–Crippen LogP) is 6.05. The molecular formula is C19H14Cl2O2. The zero-order valence-corrected chi connectivity index (χ0v) is 13.6. The van der Waals surface area contributed by atoms with Gasteiger partial charge in [0.15, 0.2) is 0 Å². The Kier molecular flexibility index (Phi) is 6.21. The first kappa shape index (κ1) is 17.1. The van der Waals surface area contributed by atoms with Crippen molar-refractivity contribution in [3.63, 3.8) is 0 Å². The van der Waals surface area contributed by atoms with E-state index < -0.39 is 5.97 Å².